The highest BCUT2D eigenvalue weighted by Gasteiger charge is 2.28. The van der Waals surface area contributed by atoms with Crippen molar-refractivity contribution in [2.45, 2.75) is 26.3 Å². The Bertz CT molecular complexity index is 482. The van der Waals surface area contributed by atoms with E-state index >= 15 is 0 Å². The van der Waals surface area contributed by atoms with Crippen LogP contribution in [0, 0.1) is 12.8 Å². The Kier molecular flexibility index (Phi) is 6.62. The van der Waals surface area contributed by atoms with Crippen LogP contribution in [0.4, 0.5) is 0 Å². The van der Waals surface area contributed by atoms with Gasteiger partial charge in [0.1, 0.15) is 0 Å². The van der Waals surface area contributed by atoms with E-state index in [0.717, 1.165) is 63.7 Å². The molecular formula is C15H25ClN4OS. The normalized spacial score (nSPS) is 20.7. The fraction of sp³-hybridized carbons (Fsp3) is 0.733. The number of thiazole rings is 1. The first-order chi connectivity index (χ1) is 10.2. The van der Waals surface area contributed by atoms with Gasteiger partial charge in [-0.05, 0) is 32.9 Å². The van der Waals surface area contributed by atoms with Gasteiger partial charge in [-0.1, -0.05) is 0 Å². The third kappa shape index (κ3) is 4.41. The van der Waals surface area contributed by atoms with Crippen LogP contribution in [-0.2, 0) is 11.3 Å². The third-order valence-electron chi connectivity index (χ3n) is 4.42. The summed E-state index contributed by atoms with van der Waals surface area (Å²) >= 11 is 1.77. The number of rotatable bonds is 3. The summed E-state index contributed by atoms with van der Waals surface area (Å²) in [6.07, 6.45) is 3.98. The van der Waals surface area contributed by atoms with Gasteiger partial charge in [0, 0.05) is 49.7 Å². The number of piperidine rings is 1. The molecule has 3 heterocycles. The second-order valence-electron chi connectivity index (χ2n) is 5.97. The molecule has 22 heavy (non-hydrogen) atoms. The van der Waals surface area contributed by atoms with Gasteiger partial charge in [-0.25, -0.2) is 4.98 Å². The van der Waals surface area contributed by atoms with Crippen LogP contribution in [0.5, 0.6) is 0 Å². The predicted octanol–water partition coefficient (Wildman–Crippen LogP) is 1.52. The molecule has 3 rings (SSSR count). The van der Waals surface area contributed by atoms with Gasteiger partial charge in [0.25, 0.3) is 0 Å². The average Bonchev–Trinajstić information content (AvgIpc) is 2.93. The number of aromatic nitrogens is 1. The SMILES string of the molecule is Cc1ncc(CN2CCN(C(=O)C3CCNCC3)CC2)s1.Cl. The fourth-order valence-corrected chi connectivity index (χ4v) is 3.99. The average molecular weight is 345 g/mol. The molecule has 1 aromatic rings. The van der Waals surface area contributed by atoms with Crippen molar-refractivity contribution in [3.05, 3.63) is 16.1 Å². The molecule has 1 aromatic heterocycles. The summed E-state index contributed by atoms with van der Waals surface area (Å²) in [5.74, 6) is 0.631. The van der Waals surface area contributed by atoms with Crippen molar-refractivity contribution in [3.8, 4) is 0 Å². The largest absolute Gasteiger partial charge is 0.340 e. The van der Waals surface area contributed by atoms with Crippen LogP contribution < -0.4 is 5.32 Å². The van der Waals surface area contributed by atoms with Gasteiger partial charge < -0.3 is 10.2 Å². The van der Waals surface area contributed by atoms with Gasteiger partial charge in [-0.2, -0.15) is 0 Å². The topological polar surface area (TPSA) is 48.5 Å². The summed E-state index contributed by atoms with van der Waals surface area (Å²) in [6, 6.07) is 0. The number of nitrogens with zero attached hydrogens (tertiary/aromatic N) is 3. The van der Waals surface area contributed by atoms with E-state index in [1.807, 2.05) is 13.1 Å². The zero-order valence-corrected chi connectivity index (χ0v) is 14.7. The van der Waals surface area contributed by atoms with Crippen LogP contribution in [-0.4, -0.2) is 60.0 Å². The number of hydrogen-bond acceptors (Lipinski definition) is 5. The zero-order chi connectivity index (χ0) is 14.7. The highest BCUT2D eigenvalue weighted by molar-refractivity contribution is 7.11. The van der Waals surface area contributed by atoms with E-state index in [1.165, 1.54) is 4.88 Å². The second kappa shape index (κ2) is 8.24. The lowest BCUT2D eigenvalue weighted by molar-refractivity contribution is -0.138. The molecule has 7 heteroatoms. The van der Waals surface area contributed by atoms with E-state index in [1.54, 1.807) is 11.3 Å². The summed E-state index contributed by atoms with van der Waals surface area (Å²) in [7, 11) is 0. The first kappa shape index (κ1) is 17.7. The molecule has 0 saturated carbocycles. The molecule has 0 spiro atoms. The first-order valence-electron chi connectivity index (χ1n) is 7.85. The second-order valence-corrected chi connectivity index (χ2v) is 7.29. The number of amides is 1. The van der Waals surface area contributed by atoms with Crippen LogP contribution in [0.2, 0.25) is 0 Å². The minimum atomic E-state index is 0. The summed E-state index contributed by atoms with van der Waals surface area (Å²) < 4.78 is 0. The molecule has 1 N–H and O–H groups in total. The monoisotopic (exact) mass is 344 g/mol. The van der Waals surface area contributed by atoms with E-state index in [9.17, 15) is 4.79 Å². The Labute approximate surface area is 142 Å². The van der Waals surface area contributed by atoms with Gasteiger partial charge in [0.2, 0.25) is 5.91 Å². The molecule has 0 unspecified atom stereocenters. The van der Waals surface area contributed by atoms with Crippen molar-refractivity contribution in [1.82, 2.24) is 20.1 Å². The molecule has 124 valence electrons. The van der Waals surface area contributed by atoms with Gasteiger partial charge >= 0.3 is 0 Å². The van der Waals surface area contributed by atoms with Crippen LogP contribution in [0.1, 0.15) is 22.7 Å². The van der Waals surface area contributed by atoms with Crippen LogP contribution in [0.25, 0.3) is 0 Å². The number of halogens is 1. The molecule has 1 amide bonds. The van der Waals surface area contributed by atoms with E-state index in [-0.39, 0.29) is 18.3 Å². The third-order valence-corrected chi connectivity index (χ3v) is 5.32. The Morgan fingerprint density at radius 1 is 1.32 bits per heavy atom. The first-order valence-corrected chi connectivity index (χ1v) is 8.67. The molecule has 0 aliphatic carbocycles. The van der Waals surface area contributed by atoms with E-state index in [4.69, 9.17) is 0 Å². The van der Waals surface area contributed by atoms with E-state index in [0.29, 0.717) is 5.91 Å². The van der Waals surface area contributed by atoms with E-state index in [2.05, 4.69) is 20.1 Å². The van der Waals surface area contributed by atoms with Crippen LogP contribution in [0.3, 0.4) is 0 Å². The quantitative estimate of drug-likeness (QED) is 0.903. The summed E-state index contributed by atoms with van der Waals surface area (Å²) in [5, 5.41) is 4.45. The Morgan fingerprint density at radius 2 is 2.00 bits per heavy atom. The van der Waals surface area contributed by atoms with Crippen LogP contribution >= 0.6 is 23.7 Å². The van der Waals surface area contributed by atoms with E-state index < -0.39 is 0 Å². The summed E-state index contributed by atoms with van der Waals surface area (Å²) in [5.41, 5.74) is 0. The minimum absolute atomic E-state index is 0. The number of carbonyl (C=O) groups is 1. The maximum Gasteiger partial charge on any atom is 0.225 e. The fourth-order valence-electron chi connectivity index (χ4n) is 3.15. The minimum Gasteiger partial charge on any atom is -0.340 e. The Hall–Kier alpha value is -0.690. The van der Waals surface area contributed by atoms with Crippen molar-refractivity contribution >= 4 is 29.7 Å². The highest BCUT2D eigenvalue weighted by atomic mass is 35.5. The molecule has 2 aliphatic rings. The molecule has 0 radical (unpaired) electrons. The Morgan fingerprint density at radius 3 is 2.59 bits per heavy atom. The molecule has 2 saturated heterocycles. The van der Waals surface area contributed by atoms with Gasteiger partial charge in [0.05, 0.1) is 5.01 Å². The molecule has 5 nitrogen and oxygen atoms in total. The standard InChI is InChI=1S/C15H24N4OS.ClH/c1-12-17-10-14(21-12)11-18-6-8-19(9-7-18)15(20)13-2-4-16-5-3-13;/h10,13,16H,2-9,11H2,1H3;1H. The zero-order valence-electron chi connectivity index (χ0n) is 13.1. The molecule has 0 aromatic carbocycles. The molecule has 2 aliphatic heterocycles. The predicted molar refractivity (Wildman–Crippen MR) is 91.5 cm³/mol. The lowest BCUT2D eigenvalue weighted by atomic mass is 9.96. The maximum absolute atomic E-state index is 12.5. The van der Waals surface area contributed by atoms with Crippen molar-refractivity contribution in [3.63, 3.8) is 0 Å². The number of carbonyl (C=O) groups excluding carboxylic acids is 1. The highest BCUT2D eigenvalue weighted by Crippen LogP contribution is 2.18. The summed E-state index contributed by atoms with van der Waals surface area (Å²) in [4.78, 5) is 22.6. The van der Waals surface area contributed by atoms with Crippen molar-refractivity contribution < 1.29 is 4.79 Å². The Balaban J connectivity index is 0.00000176. The van der Waals surface area contributed by atoms with Crippen molar-refractivity contribution in [2.24, 2.45) is 5.92 Å². The van der Waals surface area contributed by atoms with Crippen molar-refractivity contribution in [2.75, 3.05) is 39.3 Å². The molecule has 0 bridgehead atoms. The lowest BCUT2D eigenvalue weighted by Crippen LogP contribution is -2.51. The van der Waals surface area contributed by atoms with Gasteiger partial charge in [-0.15, -0.1) is 23.7 Å². The molecule has 2 fully saturated rings. The van der Waals surface area contributed by atoms with Gasteiger partial charge in [0.15, 0.2) is 0 Å². The number of hydrogen-bond donors (Lipinski definition) is 1. The number of aryl methyl sites for hydroxylation is 1. The lowest BCUT2D eigenvalue weighted by Gasteiger charge is -2.37. The molecular weight excluding hydrogens is 320 g/mol. The van der Waals surface area contributed by atoms with Gasteiger partial charge in [-0.3, -0.25) is 9.69 Å². The maximum atomic E-state index is 12.5. The molecule has 0 atom stereocenters. The smallest absolute Gasteiger partial charge is 0.225 e. The summed E-state index contributed by atoms with van der Waals surface area (Å²) in [6.45, 7) is 8.70. The number of piperazine rings is 1. The van der Waals surface area contributed by atoms with Crippen molar-refractivity contribution in [1.29, 1.82) is 0 Å². The van der Waals surface area contributed by atoms with Crippen LogP contribution in [0.15, 0.2) is 6.20 Å². The number of nitrogens with one attached hydrogen (secondary N) is 1.